The van der Waals surface area contributed by atoms with Crippen molar-refractivity contribution in [2.24, 2.45) is 0 Å². The van der Waals surface area contributed by atoms with Crippen LogP contribution in [0.4, 0.5) is 17.2 Å². The Kier molecular flexibility index (Phi) is 4.35. The Bertz CT molecular complexity index is 858. The molecule has 1 aromatic carbocycles. The summed E-state index contributed by atoms with van der Waals surface area (Å²) in [6.45, 7) is 2.06. The van der Waals surface area contributed by atoms with Gasteiger partial charge in [0.2, 0.25) is 15.3 Å². The summed E-state index contributed by atoms with van der Waals surface area (Å²) < 4.78 is 26.1. The van der Waals surface area contributed by atoms with Gasteiger partial charge in [-0.15, -0.1) is 0 Å². The van der Waals surface area contributed by atoms with Crippen molar-refractivity contribution in [2.45, 2.75) is 13.3 Å². The summed E-state index contributed by atoms with van der Waals surface area (Å²) in [5.41, 5.74) is 2.22. The number of para-hydroxylation sites is 1. The zero-order chi connectivity index (χ0) is 16.6. The van der Waals surface area contributed by atoms with Crippen molar-refractivity contribution in [1.82, 2.24) is 9.97 Å². The Hall–Kier alpha value is -1.57. The van der Waals surface area contributed by atoms with Gasteiger partial charge in [-0.05, 0) is 36.6 Å². The first-order valence-electron chi connectivity index (χ1n) is 6.99. The van der Waals surface area contributed by atoms with Crippen molar-refractivity contribution in [3.8, 4) is 0 Å². The molecule has 3 rings (SSSR count). The van der Waals surface area contributed by atoms with Crippen LogP contribution in [-0.2, 0) is 16.4 Å². The maximum absolute atomic E-state index is 12.3. The van der Waals surface area contributed by atoms with E-state index < -0.39 is 10.0 Å². The number of nitrogens with zero attached hydrogens (tertiary/aromatic N) is 3. The van der Waals surface area contributed by atoms with E-state index in [1.165, 1.54) is 10.5 Å². The zero-order valence-electron chi connectivity index (χ0n) is 12.3. The summed E-state index contributed by atoms with van der Waals surface area (Å²) in [5, 5.41) is 3.42. The topological polar surface area (TPSA) is 75.2 Å². The first kappa shape index (κ1) is 16.3. The standard InChI is InChI=1S/C14H14Cl2N4O2S/c1-2-23(21,22)20-7-6-9-4-3-5-11(12(9)20)18-13-10(15)8-17-14(16)19-13/h3-5,8H,2,6-7H2,1H3,(H,17,18,19). The third-order valence-corrected chi connectivity index (χ3v) is 5.85. The molecule has 0 saturated heterocycles. The fourth-order valence-corrected chi connectivity index (χ4v) is 3.96. The van der Waals surface area contributed by atoms with E-state index in [9.17, 15) is 8.42 Å². The predicted octanol–water partition coefficient (Wildman–Crippen LogP) is 3.24. The lowest BCUT2D eigenvalue weighted by atomic mass is 10.1. The van der Waals surface area contributed by atoms with Gasteiger partial charge < -0.3 is 5.32 Å². The molecule has 9 heteroatoms. The molecule has 0 fully saturated rings. The zero-order valence-corrected chi connectivity index (χ0v) is 14.6. The van der Waals surface area contributed by atoms with Gasteiger partial charge in [0.05, 0.1) is 23.3 Å². The van der Waals surface area contributed by atoms with Crippen LogP contribution < -0.4 is 9.62 Å². The number of hydrogen-bond acceptors (Lipinski definition) is 5. The summed E-state index contributed by atoms with van der Waals surface area (Å²) in [7, 11) is -3.34. The molecule has 0 spiro atoms. The maximum Gasteiger partial charge on any atom is 0.234 e. The summed E-state index contributed by atoms with van der Waals surface area (Å²) in [6.07, 6.45) is 2.06. The second kappa shape index (κ2) is 6.14. The summed E-state index contributed by atoms with van der Waals surface area (Å²) in [6, 6.07) is 5.56. The summed E-state index contributed by atoms with van der Waals surface area (Å²) in [5.74, 6) is 0.377. The van der Waals surface area contributed by atoms with Gasteiger partial charge in [-0.1, -0.05) is 23.7 Å². The van der Waals surface area contributed by atoms with E-state index in [1.807, 2.05) is 12.1 Å². The van der Waals surface area contributed by atoms with Crippen LogP contribution in [0.2, 0.25) is 10.3 Å². The highest BCUT2D eigenvalue weighted by atomic mass is 35.5. The van der Waals surface area contributed by atoms with Crippen LogP contribution in [0.3, 0.4) is 0 Å². The second-order valence-electron chi connectivity index (χ2n) is 5.00. The lowest BCUT2D eigenvalue weighted by Gasteiger charge is -2.22. The monoisotopic (exact) mass is 372 g/mol. The molecule has 1 N–H and O–H groups in total. The molecule has 1 aromatic heterocycles. The minimum Gasteiger partial charge on any atom is -0.337 e. The van der Waals surface area contributed by atoms with Crippen LogP contribution in [0.1, 0.15) is 12.5 Å². The molecule has 0 atom stereocenters. The van der Waals surface area contributed by atoms with E-state index in [-0.39, 0.29) is 11.0 Å². The quantitative estimate of drug-likeness (QED) is 0.833. The van der Waals surface area contributed by atoms with E-state index in [4.69, 9.17) is 23.2 Å². The molecule has 2 heterocycles. The fourth-order valence-electron chi connectivity index (χ4n) is 2.52. The van der Waals surface area contributed by atoms with E-state index >= 15 is 0 Å². The van der Waals surface area contributed by atoms with Crippen LogP contribution in [0.15, 0.2) is 24.4 Å². The van der Waals surface area contributed by atoms with Gasteiger partial charge in [-0.2, -0.15) is 4.98 Å². The third kappa shape index (κ3) is 3.08. The van der Waals surface area contributed by atoms with Gasteiger partial charge in [-0.25, -0.2) is 13.4 Å². The van der Waals surface area contributed by atoms with E-state index in [0.29, 0.717) is 35.2 Å². The van der Waals surface area contributed by atoms with E-state index in [2.05, 4.69) is 15.3 Å². The van der Waals surface area contributed by atoms with E-state index in [1.54, 1.807) is 13.0 Å². The number of halogens is 2. The molecular formula is C14H14Cl2N4O2S. The van der Waals surface area contributed by atoms with Crippen molar-refractivity contribution in [1.29, 1.82) is 0 Å². The summed E-state index contributed by atoms with van der Waals surface area (Å²) >= 11 is 11.9. The van der Waals surface area contributed by atoms with Crippen molar-refractivity contribution in [2.75, 3.05) is 21.9 Å². The number of hydrogen-bond donors (Lipinski definition) is 1. The van der Waals surface area contributed by atoms with Gasteiger partial charge in [0.1, 0.15) is 5.02 Å². The predicted molar refractivity (Wildman–Crippen MR) is 92.3 cm³/mol. The highest BCUT2D eigenvalue weighted by Crippen LogP contribution is 2.39. The summed E-state index contributed by atoms with van der Waals surface area (Å²) in [4.78, 5) is 7.84. The van der Waals surface area contributed by atoms with Crippen molar-refractivity contribution in [3.63, 3.8) is 0 Å². The molecule has 0 aliphatic carbocycles. The first-order chi connectivity index (χ1) is 10.9. The first-order valence-corrected chi connectivity index (χ1v) is 9.36. The SMILES string of the molecule is CCS(=O)(=O)N1CCc2cccc(Nc3nc(Cl)ncc3Cl)c21. The van der Waals surface area contributed by atoms with Gasteiger partial charge in [-0.3, -0.25) is 4.31 Å². The fraction of sp³-hybridized carbons (Fsp3) is 0.286. The van der Waals surface area contributed by atoms with Crippen molar-refractivity contribution in [3.05, 3.63) is 40.3 Å². The van der Waals surface area contributed by atoms with Crippen LogP contribution >= 0.6 is 23.2 Å². The number of fused-ring (bicyclic) bond motifs is 1. The average Bonchev–Trinajstić information content (AvgIpc) is 2.97. The molecule has 0 saturated carbocycles. The Morgan fingerprint density at radius 1 is 1.35 bits per heavy atom. The van der Waals surface area contributed by atoms with Gasteiger partial charge in [0, 0.05) is 6.54 Å². The Balaban J connectivity index is 2.06. The van der Waals surface area contributed by atoms with Crippen molar-refractivity contribution < 1.29 is 8.42 Å². The molecule has 122 valence electrons. The van der Waals surface area contributed by atoms with Gasteiger partial charge in [0.25, 0.3) is 0 Å². The molecule has 0 bridgehead atoms. The second-order valence-corrected chi connectivity index (χ2v) is 7.92. The normalized spacial score (nSPS) is 14.0. The molecule has 23 heavy (non-hydrogen) atoms. The van der Waals surface area contributed by atoms with Crippen LogP contribution in [0.25, 0.3) is 0 Å². The maximum atomic E-state index is 12.3. The molecule has 0 unspecified atom stereocenters. The third-order valence-electron chi connectivity index (χ3n) is 3.62. The molecule has 1 aliphatic rings. The largest absolute Gasteiger partial charge is 0.337 e. The lowest BCUT2D eigenvalue weighted by Crippen LogP contribution is -2.30. The Labute approximate surface area is 144 Å². The molecule has 2 aromatic rings. The van der Waals surface area contributed by atoms with Crippen LogP contribution in [-0.4, -0.2) is 30.7 Å². The van der Waals surface area contributed by atoms with Crippen molar-refractivity contribution >= 4 is 50.4 Å². The minimum absolute atomic E-state index is 0.0425. The number of nitrogens with one attached hydrogen (secondary N) is 1. The number of sulfonamides is 1. The highest BCUT2D eigenvalue weighted by molar-refractivity contribution is 7.92. The number of anilines is 3. The number of rotatable bonds is 4. The lowest BCUT2D eigenvalue weighted by molar-refractivity contribution is 0.593. The molecule has 0 radical (unpaired) electrons. The Morgan fingerprint density at radius 2 is 2.13 bits per heavy atom. The molecule has 1 aliphatic heterocycles. The highest BCUT2D eigenvalue weighted by Gasteiger charge is 2.30. The van der Waals surface area contributed by atoms with Crippen LogP contribution in [0.5, 0.6) is 0 Å². The number of aromatic nitrogens is 2. The molecule has 6 nitrogen and oxygen atoms in total. The molecule has 0 amide bonds. The van der Waals surface area contributed by atoms with Gasteiger partial charge in [0.15, 0.2) is 5.82 Å². The molecular weight excluding hydrogens is 359 g/mol. The van der Waals surface area contributed by atoms with Crippen LogP contribution in [0, 0.1) is 0 Å². The Morgan fingerprint density at radius 3 is 2.87 bits per heavy atom. The average molecular weight is 373 g/mol. The van der Waals surface area contributed by atoms with Gasteiger partial charge >= 0.3 is 0 Å². The smallest absolute Gasteiger partial charge is 0.234 e. The minimum atomic E-state index is -3.34. The van der Waals surface area contributed by atoms with E-state index in [0.717, 1.165) is 5.56 Å². The number of benzene rings is 1.